The molecule has 0 amide bonds. The molecule has 0 aromatic rings. The minimum absolute atomic E-state index is 0.288. The Labute approximate surface area is 113 Å². The molecule has 0 aliphatic heterocycles. The van der Waals surface area contributed by atoms with E-state index in [1.165, 1.54) is 38.2 Å². The number of hydrogen-bond acceptors (Lipinski definition) is 1. The molecule has 1 nitrogen and oxygen atoms in total. The monoisotopic (exact) mass is 255 g/mol. The molecule has 2 heteroatoms. The van der Waals surface area contributed by atoms with Crippen LogP contribution in [-0.2, 0) is 0 Å². The molecule has 0 saturated heterocycles. The van der Waals surface area contributed by atoms with Crippen molar-refractivity contribution in [2.75, 3.05) is 6.54 Å². The molecular weight excluding hydrogens is 225 g/mol. The zero-order valence-electron chi connectivity index (χ0n) is 12.2. The maximum Gasteiger partial charge on any atom is 0.0839 e. The molecule has 1 aliphatic carbocycles. The van der Waals surface area contributed by atoms with Crippen molar-refractivity contribution in [1.29, 1.82) is 0 Å². The first-order valence-electron chi connectivity index (χ1n) is 6.76. The highest BCUT2D eigenvalue weighted by atomic mass is 19.1. The van der Waals surface area contributed by atoms with Crippen LogP contribution in [0.15, 0.2) is 24.6 Å². The quantitative estimate of drug-likeness (QED) is 0.554. The first kappa shape index (κ1) is 22.1. The molecule has 0 atom stereocenters. The van der Waals surface area contributed by atoms with E-state index in [4.69, 9.17) is 5.73 Å². The van der Waals surface area contributed by atoms with Gasteiger partial charge in [-0.2, -0.15) is 0 Å². The summed E-state index contributed by atoms with van der Waals surface area (Å²) in [4.78, 5) is 0. The van der Waals surface area contributed by atoms with Gasteiger partial charge in [-0.15, -0.1) is 12.8 Å². The van der Waals surface area contributed by atoms with E-state index in [-0.39, 0.29) is 6.54 Å². The van der Waals surface area contributed by atoms with E-state index >= 15 is 0 Å². The van der Waals surface area contributed by atoms with E-state index in [0.717, 1.165) is 5.92 Å². The van der Waals surface area contributed by atoms with Crippen LogP contribution in [0.2, 0.25) is 0 Å². The van der Waals surface area contributed by atoms with Gasteiger partial charge in [0.05, 0.1) is 6.33 Å². The summed E-state index contributed by atoms with van der Waals surface area (Å²) in [6.45, 7) is 6.41. The van der Waals surface area contributed by atoms with Crippen LogP contribution >= 0.6 is 0 Å². The van der Waals surface area contributed by atoms with Crippen LogP contribution < -0.4 is 5.73 Å². The predicted molar refractivity (Wildman–Crippen MR) is 81.9 cm³/mol. The number of halogens is 1. The minimum atomic E-state index is 0.288. The third-order valence-electron chi connectivity index (χ3n) is 2.34. The van der Waals surface area contributed by atoms with Crippen molar-refractivity contribution in [3.8, 4) is 12.8 Å². The van der Waals surface area contributed by atoms with Gasteiger partial charge in [-0.25, -0.2) is 4.39 Å². The molecule has 1 saturated carbocycles. The van der Waals surface area contributed by atoms with Crippen LogP contribution in [0.1, 0.15) is 52.9 Å². The molecule has 2 N–H and O–H groups in total. The second kappa shape index (κ2) is 24.9. The summed E-state index contributed by atoms with van der Waals surface area (Å²) in [5, 5.41) is 0. The molecule has 1 rings (SSSR count). The lowest BCUT2D eigenvalue weighted by Crippen LogP contribution is -2.01. The Bertz CT molecular complexity index is 189. The lowest BCUT2D eigenvalue weighted by molar-refractivity contribution is 0.419. The number of hydrogen-bond donors (Lipinski definition) is 1. The third-order valence-corrected chi connectivity index (χ3v) is 2.34. The van der Waals surface area contributed by atoms with Crippen molar-refractivity contribution in [3.05, 3.63) is 24.6 Å². The summed E-state index contributed by atoms with van der Waals surface area (Å²) in [6, 6.07) is 0. The highest BCUT2D eigenvalue weighted by molar-refractivity contribution is 4.86. The maximum absolute atomic E-state index is 10.7. The zero-order chi connectivity index (χ0) is 14.6. The first-order chi connectivity index (χ1) is 8.85. The zero-order valence-corrected chi connectivity index (χ0v) is 12.2. The van der Waals surface area contributed by atoms with Crippen LogP contribution in [0, 0.1) is 18.8 Å². The van der Waals surface area contributed by atoms with Gasteiger partial charge in [0.1, 0.15) is 0 Å². The van der Waals surface area contributed by atoms with Gasteiger partial charge in [0.25, 0.3) is 0 Å². The molecule has 0 aromatic carbocycles. The molecule has 0 spiro atoms. The van der Waals surface area contributed by atoms with Crippen molar-refractivity contribution in [1.82, 2.24) is 0 Å². The van der Waals surface area contributed by atoms with E-state index in [9.17, 15) is 4.39 Å². The molecule has 1 fully saturated rings. The van der Waals surface area contributed by atoms with Crippen molar-refractivity contribution in [2.24, 2.45) is 11.7 Å². The predicted octanol–water partition coefficient (Wildman–Crippen LogP) is 4.85. The van der Waals surface area contributed by atoms with E-state index in [0.29, 0.717) is 6.33 Å². The molecule has 0 radical (unpaired) electrons. The first-order valence-corrected chi connectivity index (χ1v) is 6.76. The van der Waals surface area contributed by atoms with E-state index in [2.05, 4.69) is 31.9 Å². The lowest BCUT2D eigenvalue weighted by atomic mass is 9.89. The Morgan fingerprint density at radius 3 is 1.94 bits per heavy atom. The smallest absolute Gasteiger partial charge is 0.0839 e. The molecule has 18 heavy (non-hydrogen) atoms. The van der Waals surface area contributed by atoms with Crippen LogP contribution in [0.5, 0.6) is 0 Å². The van der Waals surface area contributed by atoms with Gasteiger partial charge in [-0.3, -0.25) is 0 Å². The minimum Gasteiger partial charge on any atom is -0.327 e. The summed E-state index contributed by atoms with van der Waals surface area (Å²) in [5.74, 6) is 0.920. The molecule has 0 aromatic heterocycles. The van der Waals surface area contributed by atoms with Crippen molar-refractivity contribution >= 4 is 0 Å². The van der Waals surface area contributed by atoms with Crippen LogP contribution in [0.3, 0.4) is 0 Å². The second-order valence-electron chi connectivity index (χ2n) is 3.52. The highest BCUT2D eigenvalue weighted by Crippen LogP contribution is 2.24. The summed E-state index contributed by atoms with van der Waals surface area (Å²) >= 11 is 0. The number of nitrogens with two attached hydrogens (primary N) is 1. The Kier molecular flexibility index (Phi) is 30.7. The van der Waals surface area contributed by atoms with Gasteiger partial charge in [0, 0.05) is 6.54 Å². The fraction of sp³-hybridized carbons (Fsp3) is 0.625. The topological polar surface area (TPSA) is 26.0 Å². The molecule has 1 aliphatic rings. The van der Waals surface area contributed by atoms with E-state index in [1.807, 2.05) is 13.8 Å². The average Bonchev–Trinajstić information content (AvgIpc) is 2.46. The van der Waals surface area contributed by atoms with Gasteiger partial charge in [0.15, 0.2) is 0 Å². The van der Waals surface area contributed by atoms with Gasteiger partial charge < -0.3 is 5.73 Å². The average molecular weight is 255 g/mol. The second-order valence-corrected chi connectivity index (χ2v) is 3.52. The number of terminal acetylenes is 1. The van der Waals surface area contributed by atoms with Crippen molar-refractivity contribution in [3.63, 3.8) is 0 Å². The van der Waals surface area contributed by atoms with Crippen molar-refractivity contribution in [2.45, 2.75) is 52.9 Å². The van der Waals surface area contributed by atoms with Crippen LogP contribution in [-0.4, -0.2) is 6.54 Å². The number of allylic oxidation sites excluding steroid dienone is 2. The van der Waals surface area contributed by atoms with Gasteiger partial charge in [-0.05, 0) is 31.8 Å². The normalized spacial score (nSPS) is 14.8. The van der Waals surface area contributed by atoms with Gasteiger partial charge >= 0.3 is 0 Å². The summed E-state index contributed by atoms with van der Waals surface area (Å²) < 4.78 is 10.7. The fourth-order valence-corrected chi connectivity index (χ4v) is 1.65. The fourth-order valence-electron chi connectivity index (χ4n) is 1.65. The lowest BCUT2D eigenvalue weighted by Gasteiger charge is -2.17. The maximum atomic E-state index is 10.7. The Morgan fingerprint density at radius 1 is 1.17 bits per heavy atom. The standard InChI is InChI=1S/C9H16.C3H6FN.C2H6.C2H2/c1-2-6-9-7-4-3-5-8-9;4-2-1-3-5;2*1-2/h2,6,9H,3-5,7-8H2,1H3;1-2H,3,5H2;1-2H3;1-2H/b6-2+;2-1+;;. The summed E-state index contributed by atoms with van der Waals surface area (Å²) in [5.41, 5.74) is 4.81. The Balaban J connectivity index is -0.000000215. The van der Waals surface area contributed by atoms with E-state index < -0.39 is 0 Å². The Morgan fingerprint density at radius 2 is 1.67 bits per heavy atom. The molecule has 0 bridgehead atoms. The summed E-state index contributed by atoms with van der Waals surface area (Å²) in [7, 11) is 0. The summed E-state index contributed by atoms with van der Waals surface area (Å²) in [6.07, 6.45) is 21.5. The van der Waals surface area contributed by atoms with Gasteiger partial charge in [-0.1, -0.05) is 45.3 Å². The van der Waals surface area contributed by atoms with Crippen LogP contribution in [0.25, 0.3) is 0 Å². The highest BCUT2D eigenvalue weighted by Gasteiger charge is 2.08. The molecular formula is C16H30FN. The third kappa shape index (κ3) is 20.4. The van der Waals surface area contributed by atoms with Crippen LogP contribution in [0.4, 0.5) is 4.39 Å². The number of rotatable bonds is 2. The van der Waals surface area contributed by atoms with E-state index in [1.54, 1.807) is 0 Å². The molecule has 106 valence electrons. The molecule has 0 heterocycles. The molecule has 0 unspecified atom stereocenters. The largest absolute Gasteiger partial charge is 0.327 e. The van der Waals surface area contributed by atoms with Crippen molar-refractivity contribution < 1.29 is 4.39 Å². The van der Waals surface area contributed by atoms with Gasteiger partial charge in [0.2, 0.25) is 0 Å². The Hall–Kier alpha value is -1.07. The SMILES string of the molecule is C#C.C/C=C/C1CCCCC1.CC.NC/C=C/F.